The number of nitrogens with one attached hydrogen (secondary N) is 1. The molecule has 1 aromatic rings. The summed E-state index contributed by atoms with van der Waals surface area (Å²) in [6.07, 6.45) is 2.41. The summed E-state index contributed by atoms with van der Waals surface area (Å²) in [4.78, 5) is 12.2. The van der Waals surface area contributed by atoms with Crippen LogP contribution in [-0.4, -0.2) is 40.1 Å². The molecular formula is C10H16N4O3S2. The van der Waals surface area contributed by atoms with Gasteiger partial charge in [-0.25, -0.2) is 8.42 Å². The third-order valence-electron chi connectivity index (χ3n) is 2.91. The monoisotopic (exact) mass is 304 g/mol. The number of thiocarbonyl (C=S) groups is 1. The molecule has 0 aliphatic carbocycles. The van der Waals surface area contributed by atoms with Gasteiger partial charge in [0.05, 0.1) is 11.8 Å². The van der Waals surface area contributed by atoms with Crippen LogP contribution in [0.5, 0.6) is 0 Å². The molecule has 0 unspecified atom stereocenters. The fourth-order valence-corrected chi connectivity index (χ4v) is 1.73. The van der Waals surface area contributed by atoms with Crippen LogP contribution < -0.4 is 11.1 Å². The van der Waals surface area contributed by atoms with Crippen molar-refractivity contribution in [2.24, 2.45) is 12.8 Å². The number of anilines is 1. The van der Waals surface area contributed by atoms with Crippen molar-refractivity contribution in [3.05, 3.63) is 11.8 Å². The number of aromatic nitrogens is 2. The van der Waals surface area contributed by atoms with Gasteiger partial charge < -0.3 is 11.1 Å². The average molecular weight is 304 g/mol. The van der Waals surface area contributed by atoms with Gasteiger partial charge in [-0.1, -0.05) is 12.2 Å². The Morgan fingerprint density at radius 2 is 2.05 bits per heavy atom. The van der Waals surface area contributed by atoms with E-state index in [1.54, 1.807) is 7.05 Å². The van der Waals surface area contributed by atoms with E-state index in [1.807, 2.05) is 0 Å². The lowest BCUT2D eigenvalue weighted by Gasteiger charge is -2.21. The highest BCUT2D eigenvalue weighted by Crippen LogP contribution is 2.20. The normalized spacial score (nSPS) is 12.2. The van der Waals surface area contributed by atoms with Crippen LogP contribution in [0.3, 0.4) is 0 Å². The largest absolute Gasteiger partial charge is 0.389 e. The molecule has 1 heterocycles. The molecule has 3 N–H and O–H groups in total. The third kappa shape index (κ3) is 2.92. The van der Waals surface area contributed by atoms with Gasteiger partial charge >= 0.3 is 0 Å². The van der Waals surface area contributed by atoms with E-state index < -0.39 is 20.5 Å². The molecule has 0 saturated carbocycles. The van der Waals surface area contributed by atoms with Crippen LogP contribution in [0.2, 0.25) is 0 Å². The number of sulfone groups is 1. The van der Waals surface area contributed by atoms with E-state index in [2.05, 4.69) is 10.4 Å². The Hall–Kier alpha value is -1.48. The average Bonchev–Trinajstić information content (AvgIpc) is 2.58. The highest BCUT2D eigenvalue weighted by molar-refractivity contribution is 7.92. The second kappa shape index (κ2) is 4.89. The number of rotatable bonds is 4. The van der Waals surface area contributed by atoms with Crippen LogP contribution in [0.1, 0.15) is 19.4 Å². The van der Waals surface area contributed by atoms with Crippen molar-refractivity contribution >= 4 is 38.8 Å². The van der Waals surface area contributed by atoms with Gasteiger partial charge in [0.1, 0.15) is 15.6 Å². The summed E-state index contributed by atoms with van der Waals surface area (Å²) in [7, 11) is -1.97. The fraction of sp³-hybridized carbons (Fsp3) is 0.500. The number of hydrogen-bond donors (Lipinski definition) is 2. The quantitative estimate of drug-likeness (QED) is 0.747. The zero-order valence-electron chi connectivity index (χ0n) is 11.1. The first-order valence-electron chi connectivity index (χ1n) is 5.31. The first-order chi connectivity index (χ1) is 8.48. The predicted molar refractivity (Wildman–Crippen MR) is 76.6 cm³/mol. The molecule has 0 aromatic carbocycles. The molecule has 0 fully saturated rings. The highest BCUT2D eigenvalue weighted by Gasteiger charge is 2.39. The van der Waals surface area contributed by atoms with Crippen molar-refractivity contribution in [3.8, 4) is 0 Å². The Morgan fingerprint density at radius 3 is 2.47 bits per heavy atom. The molecule has 0 spiro atoms. The maximum absolute atomic E-state index is 12.1. The minimum Gasteiger partial charge on any atom is -0.389 e. The Morgan fingerprint density at radius 1 is 1.53 bits per heavy atom. The van der Waals surface area contributed by atoms with Crippen molar-refractivity contribution in [3.63, 3.8) is 0 Å². The van der Waals surface area contributed by atoms with Crippen molar-refractivity contribution in [2.45, 2.75) is 18.6 Å². The topological polar surface area (TPSA) is 107 Å². The lowest BCUT2D eigenvalue weighted by atomic mass is 10.2. The summed E-state index contributed by atoms with van der Waals surface area (Å²) in [6, 6.07) is 0. The smallest absolute Gasteiger partial charge is 0.246 e. The van der Waals surface area contributed by atoms with Crippen LogP contribution in [0.25, 0.3) is 0 Å². The Labute approximate surface area is 117 Å². The summed E-state index contributed by atoms with van der Waals surface area (Å²) in [5, 5.41) is 6.42. The minimum absolute atomic E-state index is 0.0700. The number of hydrogen-bond acceptors (Lipinski definition) is 5. The Bertz CT molecular complexity index is 631. The summed E-state index contributed by atoms with van der Waals surface area (Å²) in [5.41, 5.74) is 5.89. The zero-order chi connectivity index (χ0) is 15.0. The molecule has 1 amide bonds. The molecule has 0 aliphatic heterocycles. The van der Waals surface area contributed by atoms with E-state index in [-0.39, 0.29) is 10.8 Å². The highest BCUT2D eigenvalue weighted by atomic mass is 32.2. The van der Waals surface area contributed by atoms with Gasteiger partial charge in [-0.3, -0.25) is 9.48 Å². The molecule has 7 nitrogen and oxygen atoms in total. The molecule has 0 saturated heterocycles. The number of nitrogens with two attached hydrogens (primary N) is 1. The van der Waals surface area contributed by atoms with E-state index in [0.717, 1.165) is 6.26 Å². The number of carbonyl (C=O) groups is 1. The zero-order valence-corrected chi connectivity index (χ0v) is 12.7. The minimum atomic E-state index is -3.56. The summed E-state index contributed by atoms with van der Waals surface area (Å²) in [6.45, 7) is 2.66. The maximum atomic E-state index is 12.1. The lowest BCUT2D eigenvalue weighted by molar-refractivity contribution is -0.117. The van der Waals surface area contributed by atoms with Gasteiger partial charge in [-0.15, -0.1) is 0 Å². The van der Waals surface area contributed by atoms with Crippen LogP contribution in [0, 0.1) is 0 Å². The molecule has 0 aliphatic rings. The lowest BCUT2D eigenvalue weighted by Crippen LogP contribution is -2.44. The van der Waals surface area contributed by atoms with E-state index in [4.69, 9.17) is 18.0 Å². The number of carbonyl (C=O) groups excluding carboxylic acids is 1. The van der Waals surface area contributed by atoms with Gasteiger partial charge in [-0.05, 0) is 13.8 Å². The second-order valence-electron chi connectivity index (χ2n) is 4.63. The Balaban J connectivity index is 3.15. The van der Waals surface area contributed by atoms with E-state index in [9.17, 15) is 13.2 Å². The van der Waals surface area contributed by atoms with Gasteiger partial charge in [-0.2, -0.15) is 5.10 Å². The van der Waals surface area contributed by atoms with Crippen molar-refractivity contribution in [1.29, 1.82) is 0 Å². The first kappa shape index (κ1) is 15.6. The van der Waals surface area contributed by atoms with Crippen LogP contribution in [-0.2, 0) is 21.7 Å². The molecule has 0 radical (unpaired) electrons. The summed E-state index contributed by atoms with van der Waals surface area (Å²) in [5.74, 6) is -0.398. The van der Waals surface area contributed by atoms with Crippen molar-refractivity contribution in [2.75, 3.05) is 11.6 Å². The predicted octanol–water partition coefficient (Wildman–Crippen LogP) is -0.184. The van der Waals surface area contributed by atoms with Crippen molar-refractivity contribution in [1.82, 2.24) is 9.78 Å². The Kier molecular flexibility index (Phi) is 4.01. The van der Waals surface area contributed by atoms with E-state index in [1.165, 1.54) is 24.7 Å². The van der Waals surface area contributed by atoms with Gasteiger partial charge in [0.2, 0.25) is 5.91 Å². The molecule has 0 bridgehead atoms. The number of nitrogens with zero attached hydrogens (tertiary/aromatic N) is 2. The molecule has 0 atom stereocenters. The van der Waals surface area contributed by atoms with Crippen molar-refractivity contribution < 1.29 is 13.2 Å². The number of amides is 1. The molecule has 19 heavy (non-hydrogen) atoms. The van der Waals surface area contributed by atoms with Gasteiger partial charge in [0, 0.05) is 13.3 Å². The van der Waals surface area contributed by atoms with Crippen LogP contribution in [0.15, 0.2) is 6.20 Å². The van der Waals surface area contributed by atoms with E-state index >= 15 is 0 Å². The molecular weight excluding hydrogens is 288 g/mol. The summed E-state index contributed by atoms with van der Waals surface area (Å²) < 4.78 is 23.0. The van der Waals surface area contributed by atoms with Crippen LogP contribution in [0.4, 0.5) is 5.82 Å². The fourth-order valence-electron chi connectivity index (χ4n) is 1.19. The van der Waals surface area contributed by atoms with Gasteiger partial charge in [0.25, 0.3) is 0 Å². The van der Waals surface area contributed by atoms with Crippen LogP contribution >= 0.6 is 12.2 Å². The standard InChI is InChI=1S/C10H16N4O3S2/c1-10(2,19(4,16)17)9(15)13-8-6(7(11)18)5-12-14(8)3/h5H,1-4H3,(H2,11,18)(H,13,15). The maximum Gasteiger partial charge on any atom is 0.246 e. The second-order valence-corrected chi connectivity index (χ2v) is 7.64. The summed E-state index contributed by atoms with van der Waals surface area (Å²) >= 11 is 4.84. The number of aryl methyl sites for hydroxylation is 1. The molecule has 106 valence electrons. The van der Waals surface area contributed by atoms with E-state index in [0.29, 0.717) is 5.56 Å². The third-order valence-corrected chi connectivity index (χ3v) is 5.17. The molecule has 1 aromatic heterocycles. The molecule has 1 rings (SSSR count). The SMILES string of the molecule is Cn1ncc(C(N)=S)c1NC(=O)C(C)(C)S(C)(=O)=O. The molecule has 9 heteroatoms. The van der Waals surface area contributed by atoms with Gasteiger partial charge in [0.15, 0.2) is 9.84 Å². The first-order valence-corrected chi connectivity index (χ1v) is 7.61.